The number of halogens is 1. The fraction of sp³-hybridized carbons (Fsp3) is 0.316. The Labute approximate surface area is 144 Å². The molecule has 1 aliphatic heterocycles. The van der Waals surface area contributed by atoms with Crippen molar-refractivity contribution in [3.05, 3.63) is 59.1 Å². The molecule has 1 aromatic carbocycles. The van der Waals surface area contributed by atoms with Gasteiger partial charge in [0.2, 0.25) is 0 Å². The van der Waals surface area contributed by atoms with Crippen LogP contribution >= 0.6 is 0 Å². The lowest BCUT2D eigenvalue weighted by atomic mass is 10.1. The van der Waals surface area contributed by atoms with Crippen LogP contribution in [0.15, 0.2) is 30.5 Å². The number of amides is 1. The topological polar surface area (TPSA) is 61.9 Å². The molecule has 4 rings (SSSR count). The molecule has 6 heteroatoms. The second-order valence-corrected chi connectivity index (χ2v) is 6.61. The number of aryl methyl sites for hydroxylation is 2. The number of carbonyl (C=O) groups is 1. The van der Waals surface area contributed by atoms with E-state index in [4.69, 9.17) is 0 Å². The van der Waals surface area contributed by atoms with Crippen LogP contribution in [0.5, 0.6) is 0 Å². The first-order valence-electron chi connectivity index (χ1n) is 8.39. The fourth-order valence-corrected chi connectivity index (χ4v) is 3.49. The molecule has 3 aromatic rings. The summed E-state index contributed by atoms with van der Waals surface area (Å²) in [5.41, 5.74) is 3.03. The van der Waals surface area contributed by atoms with E-state index in [1.165, 1.54) is 12.1 Å². The van der Waals surface area contributed by atoms with Crippen molar-refractivity contribution in [2.45, 2.75) is 26.2 Å². The van der Waals surface area contributed by atoms with Crippen LogP contribution in [0.4, 0.5) is 4.39 Å². The third-order valence-corrected chi connectivity index (χ3v) is 4.89. The van der Waals surface area contributed by atoms with E-state index in [-0.39, 0.29) is 17.6 Å². The molecular formula is C19H19FN4O. The molecule has 1 saturated heterocycles. The number of aromatic amines is 1. The van der Waals surface area contributed by atoms with Crippen LogP contribution < -0.4 is 0 Å². The maximum absolute atomic E-state index is 13.5. The minimum Gasteiger partial charge on any atom is -0.350 e. The van der Waals surface area contributed by atoms with E-state index in [1.54, 1.807) is 12.3 Å². The van der Waals surface area contributed by atoms with Crippen molar-refractivity contribution in [2.24, 2.45) is 0 Å². The summed E-state index contributed by atoms with van der Waals surface area (Å²) in [4.78, 5) is 26.7. The molecule has 0 bridgehead atoms. The van der Waals surface area contributed by atoms with Crippen LogP contribution in [-0.4, -0.2) is 38.8 Å². The van der Waals surface area contributed by atoms with E-state index >= 15 is 0 Å². The fourth-order valence-electron chi connectivity index (χ4n) is 3.49. The SMILES string of the molecule is Cc1ccnc(C2CCN(C(=O)c3[nH]c4ccc(F)cc4c3C)C2)n1. The molecule has 5 nitrogen and oxygen atoms in total. The number of fused-ring (bicyclic) bond motifs is 1. The number of aromatic nitrogens is 3. The zero-order valence-corrected chi connectivity index (χ0v) is 14.2. The number of H-pyrrole nitrogens is 1. The molecule has 0 aliphatic carbocycles. The van der Waals surface area contributed by atoms with E-state index in [1.807, 2.05) is 24.8 Å². The molecule has 1 fully saturated rings. The number of hydrogen-bond acceptors (Lipinski definition) is 3. The van der Waals surface area contributed by atoms with Gasteiger partial charge in [-0.05, 0) is 50.1 Å². The molecule has 0 saturated carbocycles. The molecular weight excluding hydrogens is 319 g/mol. The zero-order chi connectivity index (χ0) is 17.6. The standard InChI is InChI=1S/C19H19FN4O/c1-11-5-7-21-18(22-11)13-6-8-24(10-13)19(25)17-12(2)15-9-14(20)3-4-16(15)23-17/h3-5,7,9,13,23H,6,8,10H2,1-2H3. The van der Waals surface area contributed by atoms with Gasteiger partial charge in [-0.2, -0.15) is 0 Å². The van der Waals surface area contributed by atoms with Gasteiger partial charge in [0.1, 0.15) is 17.3 Å². The Morgan fingerprint density at radius 3 is 2.96 bits per heavy atom. The van der Waals surface area contributed by atoms with Crippen molar-refractivity contribution < 1.29 is 9.18 Å². The summed E-state index contributed by atoms with van der Waals surface area (Å²) in [6, 6.07) is 6.40. The molecule has 0 spiro atoms. The Hall–Kier alpha value is -2.76. The van der Waals surface area contributed by atoms with Crippen LogP contribution in [-0.2, 0) is 0 Å². The van der Waals surface area contributed by atoms with Gasteiger partial charge in [0.25, 0.3) is 5.91 Å². The highest BCUT2D eigenvalue weighted by molar-refractivity contribution is 6.01. The Kier molecular flexibility index (Phi) is 3.75. The smallest absolute Gasteiger partial charge is 0.270 e. The molecule has 1 N–H and O–H groups in total. The second kappa shape index (κ2) is 5.95. The lowest BCUT2D eigenvalue weighted by molar-refractivity contribution is 0.0785. The summed E-state index contributed by atoms with van der Waals surface area (Å²) in [7, 11) is 0. The summed E-state index contributed by atoms with van der Waals surface area (Å²) in [6.07, 6.45) is 2.61. The molecule has 3 heterocycles. The van der Waals surface area contributed by atoms with Gasteiger partial charge < -0.3 is 9.88 Å². The van der Waals surface area contributed by atoms with Gasteiger partial charge in [-0.15, -0.1) is 0 Å². The molecule has 0 radical (unpaired) electrons. The molecule has 1 unspecified atom stereocenters. The normalized spacial score (nSPS) is 17.4. The first-order chi connectivity index (χ1) is 12.0. The van der Waals surface area contributed by atoms with E-state index in [0.717, 1.165) is 34.4 Å². The van der Waals surface area contributed by atoms with Gasteiger partial charge >= 0.3 is 0 Å². The summed E-state index contributed by atoms with van der Waals surface area (Å²) in [6.45, 7) is 5.06. The third kappa shape index (κ3) is 2.77. The van der Waals surface area contributed by atoms with Crippen molar-refractivity contribution in [3.63, 3.8) is 0 Å². The maximum atomic E-state index is 13.5. The Balaban J connectivity index is 1.59. The molecule has 128 valence electrons. The van der Waals surface area contributed by atoms with Gasteiger partial charge in [-0.3, -0.25) is 4.79 Å². The Morgan fingerprint density at radius 2 is 2.16 bits per heavy atom. The average Bonchev–Trinajstić information content (AvgIpc) is 3.20. The number of nitrogens with zero attached hydrogens (tertiary/aromatic N) is 3. The van der Waals surface area contributed by atoms with E-state index in [9.17, 15) is 9.18 Å². The molecule has 1 amide bonds. The van der Waals surface area contributed by atoms with Crippen molar-refractivity contribution in [1.29, 1.82) is 0 Å². The predicted molar refractivity (Wildman–Crippen MR) is 93.0 cm³/mol. The van der Waals surface area contributed by atoms with Crippen LogP contribution in [0.3, 0.4) is 0 Å². The second-order valence-electron chi connectivity index (χ2n) is 6.61. The number of rotatable bonds is 2. The number of benzene rings is 1. The largest absolute Gasteiger partial charge is 0.350 e. The van der Waals surface area contributed by atoms with Crippen molar-refractivity contribution in [2.75, 3.05) is 13.1 Å². The van der Waals surface area contributed by atoms with E-state index in [0.29, 0.717) is 18.8 Å². The molecule has 25 heavy (non-hydrogen) atoms. The van der Waals surface area contributed by atoms with Gasteiger partial charge in [-0.25, -0.2) is 14.4 Å². The monoisotopic (exact) mass is 338 g/mol. The van der Waals surface area contributed by atoms with Crippen LogP contribution in [0, 0.1) is 19.7 Å². The maximum Gasteiger partial charge on any atom is 0.270 e. The number of carbonyl (C=O) groups excluding carboxylic acids is 1. The summed E-state index contributed by atoms with van der Waals surface area (Å²) < 4.78 is 13.5. The third-order valence-electron chi connectivity index (χ3n) is 4.89. The lowest BCUT2D eigenvalue weighted by Crippen LogP contribution is -2.29. The highest BCUT2D eigenvalue weighted by Crippen LogP contribution is 2.28. The minimum atomic E-state index is -0.300. The highest BCUT2D eigenvalue weighted by Gasteiger charge is 2.31. The zero-order valence-electron chi connectivity index (χ0n) is 14.2. The molecule has 1 aliphatic rings. The van der Waals surface area contributed by atoms with Crippen molar-refractivity contribution in [1.82, 2.24) is 19.9 Å². The molecule has 1 atom stereocenters. The first kappa shape index (κ1) is 15.7. The number of nitrogens with one attached hydrogen (secondary N) is 1. The number of likely N-dealkylation sites (tertiary alicyclic amines) is 1. The van der Waals surface area contributed by atoms with Crippen molar-refractivity contribution in [3.8, 4) is 0 Å². The Bertz CT molecular complexity index is 965. The van der Waals surface area contributed by atoms with Crippen LogP contribution in [0.2, 0.25) is 0 Å². The van der Waals surface area contributed by atoms with E-state index in [2.05, 4.69) is 15.0 Å². The molecule has 2 aromatic heterocycles. The van der Waals surface area contributed by atoms with Gasteiger partial charge in [0.15, 0.2) is 0 Å². The first-order valence-corrected chi connectivity index (χ1v) is 8.39. The highest BCUT2D eigenvalue weighted by atomic mass is 19.1. The van der Waals surface area contributed by atoms with Crippen molar-refractivity contribution >= 4 is 16.8 Å². The summed E-state index contributed by atoms with van der Waals surface area (Å²) in [5.74, 6) is 0.604. The van der Waals surface area contributed by atoms with E-state index < -0.39 is 0 Å². The van der Waals surface area contributed by atoms with Crippen LogP contribution in [0.1, 0.15) is 39.9 Å². The average molecular weight is 338 g/mol. The predicted octanol–water partition coefficient (Wildman–Crippen LogP) is 3.34. The summed E-state index contributed by atoms with van der Waals surface area (Å²) >= 11 is 0. The van der Waals surface area contributed by atoms with Gasteiger partial charge in [0.05, 0.1) is 0 Å². The number of hydrogen-bond donors (Lipinski definition) is 1. The summed E-state index contributed by atoms with van der Waals surface area (Å²) in [5, 5.41) is 0.751. The lowest BCUT2D eigenvalue weighted by Gasteiger charge is -2.16. The minimum absolute atomic E-state index is 0.0516. The Morgan fingerprint density at radius 1 is 1.32 bits per heavy atom. The quantitative estimate of drug-likeness (QED) is 0.779. The van der Waals surface area contributed by atoms with Gasteiger partial charge in [0, 0.05) is 41.8 Å². The van der Waals surface area contributed by atoms with Gasteiger partial charge in [-0.1, -0.05) is 0 Å². The van der Waals surface area contributed by atoms with Crippen LogP contribution in [0.25, 0.3) is 10.9 Å².